The van der Waals surface area contributed by atoms with Crippen molar-refractivity contribution >= 4 is 17.2 Å². The Labute approximate surface area is 154 Å². The zero-order valence-electron chi connectivity index (χ0n) is 15.3. The molecule has 0 N–H and O–H groups in total. The fourth-order valence-electron chi connectivity index (χ4n) is 4.23. The predicted molar refractivity (Wildman–Crippen MR) is 99.0 cm³/mol. The minimum atomic E-state index is -0.737. The molecule has 3 rings (SSSR count). The van der Waals surface area contributed by atoms with Gasteiger partial charge in [0, 0.05) is 31.1 Å². The van der Waals surface area contributed by atoms with E-state index in [1.807, 2.05) is 10.4 Å². The molecule has 2 fully saturated rings. The van der Waals surface area contributed by atoms with Crippen LogP contribution >= 0.6 is 11.3 Å². The van der Waals surface area contributed by atoms with E-state index >= 15 is 0 Å². The molecule has 25 heavy (non-hydrogen) atoms. The highest BCUT2D eigenvalue weighted by Gasteiger charge is 2.44. The maximum Gasteiger partial charge on any atom is 0.243 e. The lowest BCUT2D eigenvalue weighted by atomic mass is 9.74. The molecular weight excluding hydrogens is 332 g/mol. The van der Waals surface area contributed by atoms with Gasteiger partial charge >= 0.3 is 0 Å². The molecule has 1 aliphatic heterocycles. The molecule has 0 unspecified atom stereocenters. The summed E-state index contributed by atoms with van der Waals surface area (Å²) < 4.78 is 0. The topological polar surface area (TPSA) is 60.2 Å². The normalized spacial score (nSPS) is 23.0. The number of carbonyl (C=O) groups excluding carboxylic acids is 1. The Morgan fingerprint density at radius 3 is 2.88 bits per heavy atom. The standard InChI is InChI=1S/C19H28N4OS/c1-15-17(25-14-21-15)12-22(2)10-16-6-9-23(11-16)18(24)19(13-20)7-4-3-5-8-19/h14,16H,3-12H2,1-2H3/t16-/m1/s1. The van der Waals surface area contributed by atoms with Gasteiger partial charge in [-0.2, -0.15) is 5.26 Å². The number of nitrogens with zero attached hydrogens (tertiary/aromatic N) is 4. The Balaban J connectivity index is 1.53. The molecule has 1 saturated carbocycles. The lowest BCUT2D eigenvalue weighted by Crippen LogP contribution is -2.43. The van der Waals surface area contributed by atoms with Gasteiger partial charge in [0.15, 0.2) is 0 Å². The monoisotopic (exact) mass is 360 g/mol. The van der Waals surface area contributed by atoms with Crippen molar-refractivity contribution in [3.8, 4) is 6.07 Å². The van der Waals surface area contributed by atoms with Crippen LogP contribution in [0.3, 0.4) is 0 Å². The number of amides is 1. The summed E-state index contributed by atoms with van der Waals surface area (Å²) in [5, 5.41) is 9.64. The van der Waals surface area contributed by atoms with Gasteiger partial charge in [0.1, 0.15) is 5.41 Å². The van der Waals surface area contributed by atoms with Gasteiger partial charge in [-0.25, -0.2) is 4.98 Å². The minimum absolute atomic E-state index is 0.0955. The van der Waals surface area contributed by atoms with Crippen molar-refractivity contribution in [1.82, 2.24) is 14.8 Å². The fraction of sp³-hybridized carbons (Fsp3) is 0.737. The van der Waals surface area contributed by atoms with Crippen molar-refractivity contribution in [3.63, 3.8) is 0 Å². The van der Waals surface area contributed by atoms with Gasteiger partial charge in [0.05, 0.1) is 17.3 Å². The Morgan fingerprint density at radius 1 is 1.48 bits per heavy atom. The Kier molecular flexibility index (Phi) is 5.75. The quantitative estimate of drug-likeness (QED) is 0.809. The second-order valence-corrected chi connectivity index (χ2v) is 8.66. The van der Waals surface area contributed by atoms with Crippen LogP contribution in [-0.2, 0) is 11.3 Å². The van der Waals surface area contributed by atoms with Gasteiger partial charge in [0.25, 0.3) is 0 Å². The lowest BCUT2D eigenvalue weighted by Gasteiger charge is -2.33. The predicted octanol–water partition coefficient (Wildman–Crippen LogP) is 3.21. The van der Waals surface area contributed by atoms with Crippen molar-refractivity contribution in [3.05, 3.63) is 16.1 Å². The third kappa shape index (κ3) is 4.04. The van der Waals surface area contributed by atoms with E-state index in [1.165, 1.54) is 4.88 Å². The molecule has 0 radical (unpaired) electrons. The number of hydrogen-bond acceptors (Lipinski definition) is 5. The number of hydrogen-bond donors (Lipinski definition) is 0. The van der Waals surface area contributed by atoms with Crippen LogP contribution in [0.25, 0.3) is 0 Å². The maximum absolute atomic E-state index is 13.0. The van der Waals surface area contributed by atoms with Gasteiger partial charge in [-0.15, -0.1) is 11.3 Å². The molecule has 136 valence electrons. The molecular formula is C19H28N4OS. The summed E-state index contributed by atoms with van der Waals surface area (Å²) in [4.78, 5) is 22.9. The summed E-state index contributed by atoms with van der Waals surface area (Å²) in [6.07, 6.45) is 5.70. The van der Waals surface area contributed by atoms with Gasteiger partial charge in [-0.3, -0.25) is 4.79 Å². The zero-order chi connectivity index (χ0) is 17.9. The largest absolute Gasteiger partial charge is 0.341 e. The van der Waals surface area contributed by atoms with E-state index in [2.05, 4.69) is 29.9 Å². The first-order valence-electron chi connectivity index (χ1n) is 9.32. The summed E-state index contributed by atoms with van der Waals surface area (Å²) in [7, 11) is 2.14. The Bertz CT molecular complexity index is 644. The first-order chi connectivity index (χ1) is 12.0. The maximum atomic E-state index is 13.0. The highest BCUT2D eigenvalue weighted by Crippen LogP contribution is 2.38. The van der Waals surface area contributed by atoms with Crippen LogP contribution in [0.4, 0.5) is 0 Å². The average molecular weight is 361 g/mol. The molecule has 1 aromatic heterocycles. The van der Waals surface area contributed by atoms with E-state index < -0.39 is 5.41 Å². The smallest absolute Gasteiger partial charge is 0.243 e. The van der Waals surface area contributed by atoms with Crippen LogP contribution in [0, 0.1) is 29.6 Å². The average Bonchev–Trinajstić information content (AvgIpc) is 3.24. The molecule has 1 aliphatic carbocycles. The minimum Gasteiger partial charge on any atom is -0.341 e. The van der Waals surface area contributed by atoms with Crippen LogP contribution in [0.5, 0.6) is 0 Å². The summed E-state index contributed by atoms with van der Waals surface area (Å²) in [5.74, 6) is 0.597. The Morgan fingerprint density at radius 2 is 2.24 bits per heavy atom. The summed E-state index contributed by atoms with van der Waals surface area (Å²) in [6, 6.07) is 2.38. The summed E-state index contributed by atoms with van der Waals surface area (Å²) in [6.45, 7) is 5.57. The van der Waals surface area contributed by atoms with Crippen LogP contribution < -0.4 is 0 Å². The van der Waals surface area contributed by atoms with Crippen LogP contribution in [0.15, 0.2) is 5.51 Å². The molecule has 1 atom stereocenters. The molecule has 1 amide bonds. The van der Waals surface area contributed by atoms with E-state index in [1.54, 1.807) is 11.3 Å². The lowest BCUT2D eigenvalue weighted by molar-refractivity contribution is -0.139. The highest BCUT2D eigenvalue weighted by atomic mass is 32.1. The van der Waals surface area contributed by atoms with Crippen molar-refractivity contribution in [2.24, 2.45) is 11.3 Å². The zero-order valence-corrected chi connectivity index (χ0v) is 16.1. The van der Waals surface area contributed by atoms with E-state index in [9.17, 15) is 10.1 Å². The molecule has 2 aliphatic rings. The van der Waals surface area contributed by atoms with Crippen LogP contribution in [-0.4, -0.2) is 47.4 Å². The number of thiazole rings is 1. The van der Waals surface area contributed by atoms with E-state index in [0.29, 0.717) is 5.92 Å². The molecule has 5 nitrogen and oxygen atoms in total. The number of rotatable bonds is 5. The number of aryl methyl sites for hydroxylation is 1. The van der Waals surface area contributed by atoms with Crippen LogP contribution in [0.2, 0.25) is 0 Å². The number of aromatic nitrogens is 1. The van der Waals surface area contributed by atoms with Gasteiger partial charge < -0.3 is 9.80 Å². The summed E-state index contributed by atoms with van der Waals surface area (Å²) in [5.41, 5.74) is 2.28. The van der Waals surface area contributed by atoms with Crippen molar-refractivity contribution in [2.45, 2.75) is 52.0 Å². The fourth-order valence-corrected chi connectivity index (χ4v) is 5.08. The molecule has 1 saturated heterocycles. The van der Waals surface area contributed by atoms with Crippen LogP contribution in [0.1, 0.15) is 49.1 Å². The summed E-state index contributed by atoms with van der Waals surface area (Å²) >= 11 is 1.71. The molecule has 2 heterocycles. The third-order valence-corrected chi connectivity index (χ3v) is 6.65. The van der Waals surface area contributed by atoms with Crippen molar-refractivity contribution in [2.75, 3.05) is 26.7 Å². The number of carbonyl (C=O) groups is 1. The molecule has 0 bridgehead atoms. The van der Waals surface area contributed by atoms with Crippen molar-refractivity contribution in [1.29, 1.82) is 5.26 Å². The molecule has 6 heteroatoms. The van der Waals surface area contributed by atoms with E-state index in [-0.39, 0.29) is 5.91 Å². The first-order valence-corrected chi connectivity index (χ1v) is 10.2. The molecule has 1 aromatic rings. The van der Waals surface area contributed by atoms with E-state index in [0.717, 1.165) is 70.4 Å². The van der Waals surface area contributed by atoms with Gasteiger partial charge in [0.2, 0.25) is 5.91 Å². The third-order valence-electron chi connectivity index (χ3n) is 5.73. The highest BCUT2D eigenvalue weighted by molar-refractivity contribution is 7.09. The Hall–Kier alpha value is -1.45. The molecule has 0 aromatic carbocycles. The van der Waals surface area contributed by atoms with Gasteiger partial charge in [-0.05, 0) is 39.2 Å². The second-order valence-electron chi connectivity index (χ2n) is 7.72. The van der Waals surface area contributed by atoms with E-state index in [4.69, 9.17) is 0 Å². The second kappa shape index (κ2) is 7.84. The first kappa shape index (κ1) is 18.3. The van der Waals surface area contributed by atoms with Crippen molar-refractivity contribution < 1.29 is 4.79 Å². The van der Waals surface area contributed by atoms with Gasteiger partial charge in [-0.1, -0.05) is 19.3 Å². The number of likely N-dealkylation sites (tertiary alicyclic amines) is 1. The number of nitriles is 1. The SMILES string of the molecule is Cc1ncsc1CN(C)C[C@H]1CCN(C(=O)C2(C#N)CCCCC2)C1. The molecule has 0 spiro atoms.